The van der Waals surface area contributed by atoms with Gasteiger partial charge in [-0.2, -0.15) is 0 Å². The van der Waals surface area contributed by atoms with Gasteiger partial charge in [0.15, 0.2) is 0 Å². The Bertz CT molecular complexity index is 1200. The molecule has 2 aromatic carbocycles. The van der Waals surface area contributed by atoms with Crippen molar-refractivity contribution in [3.05, 3.63) is 86.5 Å². The molecule has 4 rings (SSSR count). The number of para-hydroxylation sites is 1. The molecule has 0 bridgehead atoms. The number of hydrogen-bond acceptors (Lipinski definition) is 4. The van der Waals surface area contributed by atoms with E-state index < -0.39 is 0 Å². The fourth-order valence-corrected chi connectivity index (χ4v) is 2.95. The van der Waals surface area contributed by atoms with Crippen LogP contribution in [0.25, 0.3) is 21.9 Å². The SMILES string of the molecule is Cc1cc(=O)oc2ccc(OCc3cc(=O)[nH]c4ccccc34)cc12. The van der Waals surface area contributed by atoms with E-state index in [0.29, 0.717) is 11.3 Å². The van der Waals surface area contributed by atoms with E-state index >= 15 is 0 Å². The zero-order valence-electron chi connectivity index (χ0n) is 13.5. The number of benzene rings is 2. The Kier molecular flexibility index (Phi) is 3.61. The van der Waals surface area contributed by atoms with Crippen LogP contribution in [0.15, 0.2) is 68.6 Å². The van der Waals surface area contributed by atoms with Gasteiger partial charge in [0.05, 0.1) is 0 Å². The standard InChI is InChI=1S/C20H15NO4/c1-12-8-20(23)25-18-7-6-14(10-16(12)18)24-11-13-9-19(22)21-17-5-3-2-4-15(13)17/h2-10H,11H2,1H3,(H,21,22). The predicted molar refractivity (Wildman–Crippen MR) is 96.1 cm³/mol. The van der Waals surface area contributed by atoms with Gasteiger partial charge in [-0.25, -0.2) is 4.79 Å². The second kappa shape index (κ2) is 5.94. The summed E-state index contributed by atoms with van der Waals surface area (Å²) in [4.78, 5) is 26.1. The molecule has 124 valence electrons. The molecule has 2 aromatic heterocycles. The zero-order valence-corrected chi connectivity index (χ0v) is 13.5. The Morgan fingerprint density at radius 3 is 2.72 bits per heavy atom. The third-order valence-corrected chi connectivity index (χ3v) is 4.15. The van der Waals surface area contributed by atoms with Crippen LogP contribution < -0.4 is 15.9 Å². The predicted octanol–water partition coefficient (Wildman–Crippen LogP) is 3.52. The molecule has 5 heteroatoms. The maximum atomic E-state index is 11.8. The van der Waals surface area contributed by atoms with Crippen molar-refractivity contribution < 1.29 is 9.15 Å². The number of hydrogen-bond donors (Lipinski definition) is 1. The Labute approximate surface area is 142 Å². The number of aromatic nitrogens is 1. The molecule has 0 saturated carbocycles. The average Bonchev–Trinajstić information content (AvgIpc) is 2.59. The molecule has 0 fully saturated rings. The smallest absolute Gasteiger partial charge is 0.336 e. The van der Waals surface area contributed by atoms with E-state index in [2.05, 4.69) is 4.98 Å². The third kappa shape index (κ3) is 2.92. The molecule has 0 atom stereocenters. The number of fused-ring (bicyclic) bond motifs is 2. The van der Waals surface area contributed by atoms with Crippen molar-refractivity contribution in [1.29, 1.82) is 0 Å². The molecule has 0 saturated heterocycles. The van der Waals surface area contributed by atoms with Gasteiger partial charge >= 0.3 is 5.63 Å². The highest BCUT2D eigenvalue weighted by molar-refractivity contribution is 5.82. The molecular weight excluding hydrogens is 318 g/mol. The van der Waals surface area contributed by atoms with Crippen LogP contribution in [0, 0.1) is 6.92 Å². The van der Waals surface area contributed by atoms with Gasteiger partial charge in [-0.15, -0.1) is 0 Å². The number of ether oxygens (including phenoxy) is 1. The van der Waals surface area contributed by atoms with E-state index in [1.807, 2.05) is 37.3 Å². The van der Waals surface area contributed by atoms with Gasteiger partial charge in [0.2, 0.25) is 5.56 Å². The normalized spacial score (nSPS) is 11.1. The highest BCUT2D eigenvalue weighted by atomic mass is 16.5. The van der Waals surface area contributed by atoms with E-state index in [4.69, 9.17) is 9.15 Å². The Morgan fingerprint density at radius 2 is 1.84 bits per heavy atom. The second-order valence-electron chi connectivity index (χ2n) is 5.90. The van der Waals surface area contributed by atoms with Gasteiger partial charge in [-0.05, 0) is 36.8 Å². The molecule has 5 nitrogen and oxygen atoms in total. The van der Waals surface area contributed by atoms with Crippen molar-refractivity contribution in [3.8, 4) is 5.75 Å². The minimum absolute atomic E-state index is 0.159. The first-order chi connectivity index (χ1) is 12.1. The Morgan fingerprint density at radius 1 is 1.00 bits per heavy atom. The topological polar surface area (TPSA) is 72.3 Å². The largest absolute Gasteiger partial charge is 0.489 e. The fraction of sp³-hybridized carbons (Fsp3) is 0.100. The molecule has 0 radical (unpaired) electrons. The van der Waals surface area contributed by atoms with Crippen molar-refractivity contribution >= 4 is 21.9 Å². The minimum Gasteiger partial charge on any atom is -0.489 e. The number of aryl methyl sites for hydroxylation is 1. The number of rotatable bonds is 3. The van der Waals surface area contributed by atoms with Gasteiger partial charge in [0, 0.05) is 34.0 Å². The number of aromatic amines is 1. The van der Waals surface area contributed by atoms with Crippen molar-refractivity contribution in [3.63, 3.8) is 0 Å². The third-order valence-electron chi connectivity index (χ3n) is 4.15. The van der Waals surface area contributed by atoms with Crippen LogP contribution in [0.3, 0.4) is 0 Å². The molecule has 0 amide bonds. The van der Waals surface area contributed by atoms with Crippen LogP contribution in [0.5, 0.6) is 5.75 Å². The summed E-state index contributed by atoms with van der Waals surface area (Å²) in [6.45, 7) is 2.12. The van der Waals surface area contributed by atoms with Gasteiger partial charge in [0.1, 0.15) is 17.9 Å². The highest BCUT2D eigenvalue weighted by Gasteiger charge is 2.07. The molecule has 0 aliphatic rings. The summed E-state index contributed by atoms with van der Waals surface area (Å²) in [7, 11) is 0. The average molecular weight is 333 g/mol. The van der Waals surface area contributed by atoms with E-state index in [-0.39, 0.29) is 17.8 Å². The Hall–Kier alpha value is -3.34. The summed E-state index contributed by atoms with van der Waals surface area (Å²) in [5, 5.41) is 1.78. The molecule has 0 aliphatic carbocycles. The molecule has 1 N–H and O–H groups in total. The maximum absolute atomic E-state index is 11.8. The lowest BCUT2D eigenvalue weighted by Gasteiger charge is -2.10. The summed E-state index contributed by atoms with van der Waals surface area (Å²) >= 11 is 0. The molecule has 25 heavy (non-hydrogen) atoms. The molecular formula is C20H15NO4. The molecule has 0 aliphatic heterocycles. The summed E-state index contributed by atoms with van der Waals surface area (Å²) in [6.07, 6.45) is 0. The van der Waals surface area contributed by atoms with E-state index in [1.54, 1.807) is 18.2 Å². The molecule has 0 spiro atoms. The quantitative estimate of drug-likeness (QED) is 0.582. The lowest BCUT2D eigenvalue weighted by molar-refractivity contribution is 0.308. The highest BCUT2D eigenvalue weighted by Crippen LogP contribution is 2.24. The summed E-state index contributed by atoms with van der Waals surface area (Å²) in [5.41, 5.74) is 2.43. The number of H-pyrrole nitrogens is 1. The van der Waals surface area contributed by atoms with Crippen molar-refractivity contribution in [2.45, 2.75) is 13.5 Å². The van der Waals surface area contributed by atoms with Gasteiger partial charge < -0.3 is 14.1 Å². The first-order valence-corrected chi connectivity index (χ1v) is 7.88. The number of nitrogens with one attached hydrogen (secondary N) is 1. The second-order valence-corrected chi connectivity index (χ2v) is 5.90. The van der Waals surface area contributed by atoms with Gasteiger partial charge in [0.25, 0.3) is 0 Å². The van der Waals surface area contributed by atoms with Crippen LogP contribution in [-0.2, 0) is 6.61 Å². The summed E-state index contributed by atoms with van der Waals surface area (Å²) in [6, 6.07) is 15.9. The van der Waals surface area contributed by atoms with Gasteiger partial charge in [-0.1, -0.05) is 18.2 Å². The van der Waals surface area contributed by atoms with Crippen LogP contribution in [0.4, 0.5) is 0 Å². The summed E-state index contributed by atoms with van der Waals surface area (Å²) < 4.78 is 11.1. The van der Waals surface area contributed by atoms with Crippen molar-refractivity contribution in [1.82, 2.24) is 4.98 Å². The van der Waals surface area contributed by atoms with Crippen LogP contribution in [-0.4, -0.2) is 4.98 Å². The van der Waals surface area contributed by atoms with E-state index in [0.717, 1.165) is 27.4 Å². The molecule has 4 aromatic rings. The van der Waals surface area contributed by atoms with Crippen LogP contribution >= 0.6 is 0 Å². The van der Waals surface area contributed by atoms with Crippen molar-refractivity contribution in [2.24, 2.45) is 0 Å². The fourth-order valence-electron chi connectivity index (χ4n) is 2.95. The molecule has 0 unspecified atom stereocenters. The summed E-state index contributed by atoms with van der Waals surface area (Å²) in [5.74, 6) is 0.647. The van der Waals surface area contributed by atoms with Crippen molar-refractivity contribution in [2.75, 3.05) is 0 Å². The van der Waals surface area contributed by atoms with Gasteiger partial charge in [-0.3, -0.25) is 4.79 Å². The lowest BCUT2D eigenvalue weighted by atomic mass is 10.1. The van der Waals surface area contributed by atoms with Crippen LogP contribution in [0.2, 0.25) is 0 Å². The zero-order chi connectivity index (χ0) is 17.4. The van der Waals surface area contributed by atoms with E-state index in [9.17, 15) is 9.59 Å². The Balaban J connectivity index is 1.69. The first-order valence-electron chi connectivity index (χ1n) is 7.88. The van der Waals surface area contributed by atoms with E-state index in [1.165, 1.54) is 6.07 Å². The monoisotopic (exact) mass is 333 g/mol. The van der Waals surface area contributed by atoms with Crippen LogP contribution in [0.1, 0.15) is 11.1 Å². The molecule has 2 heterocycles. The first kappa shape index (κ1) is 15.2. The maximum Gasteiger partial charge on any atom is 0.336 e. The lowest BCUT2D eigenvalue weighted by Crippen LogP contribution is -2.08. The number of pyridine rings is 1. The minimum atomic E-state index is -0.367.